The molecule has 0 amide bonds. The Morgan fingerprint density at radius 3 is 2.04 bits per heavy atom. The zero-order valence-corrected chi connectivity index (χ0v) is 14.7. The summed E-state index contributed by atoms with van der Waals surface area (Å²) in [5.41, 5.74) is -1.41. The van der Waals surface area contributed by atoms with Crippen molar-refractivity contribution in [1.29, 1.82) is 0 Å². The lowest BCUT2D eigenvalue weighted by molar-refractivity contribution is -0.146. The van der Waals surface area contributed by atoms with Crippen molar-refractivity contribution in [2.75, 3.05) is 0 Å². The van der Waals surface area contributed by atoms with Crippen molar-refractivity contribution in [1.82, 2.24) is 0 Å². The maximum absolute atomic E-state index is 11.7. The van der Waals surface area contributed by atoms with Gasteiger partial charge in [0.1, 0.15) is 5.92 Å². The molecule has 0 saturated carbocycles. The van der Waals surface area contributed by atoms with Crippen LogP contribution in [0.2, 0.25) is 0 Å². The second kappa shape index (κ2) is 6.02. The predicted molar refractivity (Wildman–Crippen MR) is 86.8 cm³/mol. The van der Waals surface area contributed by atoms with E-state index in [1.165, 1.54) is 0 Å². The van der Waals surface area contributed by atoms with Gasteiger partial charge in [0, 0.05) is 4.47 Å². The minimum Gasteiger partial charge on any atom is -0.481 e. The number of carboxylic acids is 4. The highest BCUT2D eigenvalue weighted by Crippen LogP contribution is 2.47. The van der Waals surface area contributed by atoms with Crippen LogP contribution in [0.5, 0.6) is 0 Å². The van der Waals surface area contributed by atoms with E-state index in [4.69, 9.17) is 0 Å². The molecule has 4 N–H and O–H groups in total. The largest absolute Gasteiger partial charge is 0.481 e. The Morgan fingerprint density at radius 2 is 1.62 bits per heavy atom. The van der Waals surface area contributed by atoms with Crippen molar-refractivity contribution < 1.29 is 39.6 Å². The number of carboxylic acid groups (broad SMARTS) is 4. The minimum atomic E-state index is -2.11. The van der Waals surface area contributed by atoms with Crippen molar-refractivity contribution in [2.45, 2.75) is 10.2 Å². The number of rotatable bonds is 4. The van der Waals surface area contributed by atoms with Crippen LogP contribution in [0.15, 0.2) is 16.6 Å². The number of hydrogen-bond donors (Lipinski definition) is 4. The van der Waals surface area contributed by atoms with Crippen molar-refractivity contribution in [3.8, 4) is 0 Å². The fraction of sp³-hybridized carbons (Fsp3) is 0.143. The number of halogens is 2. The summed E-state index contributed by atoms with van der Waals surface area (Å²) in [6, 6.07) is 0.953. The monoisotopic (exact) mass is 462 g/mol. The van der Waals surface area contributed by atoms with Gasteiger partial charge in [0.25, 0.3) is 0 Å². The van der Waals surface area contributed by atoms with Crippen LogP contribution in [0.3, 0.4) is 0 Å². The van der Waals surface area contributed by atoms with E-state index in [-0.39, 0.29) is 15.6 Å². The first-order valence-electron chi connectivity index (χ1n) is 6.19. The smallest absolute Gasteiger partial charge is 0.337 e. The molecular formula is C14H8Br2O8. The van der Waals surface area contributed by atoms with Crippen LogP contribution in [0.1, 0.15) is 37.8 Å². The zero-order valence-electron chi connectivity index (χ0n) is 11.5. The summed E-state index contributed by atoms with van der Waals surface area (Å²) in [5.74, 6) is -7.92. The van der Waals surface area contributed by atoms with Gasteiger partial charge in [0.05, 0.1) is 11.1 Å². The molecule has 2 rings (SSSR count). The van der Waals surface area contributed by atoms with Crippen LogP contribution in [-0.2, 0) is 9.59 Å². The average Bonchev–Trinajstić information content (AvgIpc) is 2.45. The van der Waals surface area contributed by atoms with E-state index in [9.17, 15) is 39.6 Å². The van der Waals surface area contributed by atoms with Gasteiger partial charge in [0.2, 0.25) is 0 Å². The van der Waals surface area contributed by atoms with Gasteiger partial charge < -0.3 is 20.4 Å². The van der Waals surface area contributed by atoms with Crippen LogP contribution < -0.4 is 0 Å². The van der Waals surface area contributed by atoms with E-state index >= 15 is 0 Å². The molecule has 1 aromatic carbocycles. The molecule has 0 saturated heterocycles. The molecule has 2 unspecified atom stereocenters. The lowest BCUT2D eigenvalue weighted by Crippen LogP contribution is -2.43. The maximum Gasteiger partial charge on any atom is 0.337 e. The Kier molecular flexibility index (Phi) is 4.55. The number of aliphatic carboxylic acids is 2. The summed E-state index contributed by atoms with van der Waals surface area (Å²) < 4.78 is -2.17. The van der Waals surface area contributed by atoms with Crippen molar-refractivity contribution in [3.63, 3.8) is 0 Å². The standard InChI is InChI=1S/C14H8Br2O8/c15-6-3-5(10(17)18)7-4(8(6)11(19)20)1-2-14(16,13(23)24)9(7)12(21)22/h1-3,9H,(H,17,18)(H,19,20)(H,21,22)(H,23,24). The van der Waals surface area contributed by atoms with Gasteiger partial charge in [0.15, 0.2) is 4.32 Å². The number of carbonyl (C=O) groups is 4. The molecule has 24 heavy (non-hydrogen) atoms. The highest BCUT2D eigenvalue weighted by Gasteiger charge is 2.51. The summed E-state index contributed by atoms with van der Waals surface area (Å²) in [4.78, 5) is 46.2. The maximum atomic E-state index is 11.7. The second-order valence-corrected chi connectivity index (χ2v) is 7.06. The lowest BCUT2D eigenvalue weighted by atomic mass is 9.75. The average molecular weight is 464 g/mol. The summed E-state index contributed by atoms with van der Waals surface area (Å²) >= 11 is 5.80. The molecule has 126 valence electrons. The number of hydrogen-bond acceptors (Lipinski definition) is 4. The first-order valence-corrected chi connectivity index (χ1v) is 7.78. The first-order chi connectivity index (χ1) is 11.0. The second-order valence-electron chi connectivity index (χ2n) is 4.90. The van der Waals surface area contributed by atoms with Crippen molar-refractivity contribution >= 4 is 61.8 Å². The summed E-state index contributed by atoms with van der Waals surface area (Å²) in [5, 5.41) is 37.5. The highest BCUT2D eigenvalue weighted by molar-refractivity contribution is 9.10. The minimum absolute atomic E-state index is 0.0580. The Labute approximate surface area is 150 Å². The SMILES string of the molecule is O=C(O)c1cc(Br)c(C(=O)O)c2c1C(C(=O)O)C(Br)(C(=O)O)C=C2. The number of aromatic carboxylic acids is 2. The van der Waals surface area contributed by atoms with Crippen LogP contribution in [0.4, 0.5) is 0 Å². The van der Waals surface area contributed by atoms with Gasteiger partial charge >= 0.3 is 23.9 Å². The van der Waals surface area contributed by atoms with Gasteiger partial charge in [-0.05, 0) is 33.1 Å². The quantitative estimate of drug-likeness (QED) is 0.496. The molecule has 10 heteroatoms. The van der Waals surface area contributed by atoms with E-state index in [1.54, 1.807) is 0 Å². The lowest BCUT2D eigenvalue weighted by Gasteiger charge is -2.32. The Balaban J connectivity index is 3.00. The summed E-state index contributed by atoms with van der Waals surface area (Å²) in [7, 11) is 0. The normalized spacial score (nSPS) is 21.8. The van der Waals surface area contributed by atoms with Gasteiger partial charge in [-0.3, -0.25) is 9.59 Å². The van der Waals surface area contributed by atoms with Gasteiger partial charge in [-0.1, -0.05) is 28.1 Å². The Morgan fingerprint density at radius 1 is 1.04 bits per heavy atom. The molecule has 8 nitrogen and oxygen atoms in total. The molecule has 0 aromatic heterocycles. The topological polar surface area (TPSA) is 149 Å². The number of alkyl halides is 1. The zero-order chi connectivity index (χ0) is 18.4. The Bertz CT molecular complexity index is 829. The van der Waals surface area contributed by atoms with E-state index in [0.717, 1.165) is 18.2 Å². The molecular weight excluding hydrogens is 456 g/mol. The number of benzene rings is 1. The fourth-order valence-corrected chi connectivity index (χ4v) is 3.74. The van der Waals surface area contributed by atoms with Crippen LogP contribution in [0.25, 0.3) is 6.08 Å². The third kappa shape index (κ3) is 2.61. The third-order valence-corrected chi connectivity index (χ3v) is 5.27. The third-order valence-electron chi connectivity index (χ3n) is 3.58. The molecule has 0 radical (unpaired) electrons. The molecule has 1 aromatic rings. The van der Waals surface area contributed by atoms with Gasteiger partial charge in [-0.2, -0.15) is 0 Å². The van der Waals surface area contributed by atoms with E-state index in [2.05, 4.69) is 31.9 Å². The van der Waals surface area contributed by atoms with Crippen molar-refractivity contribution in [2.24, 2.45) is 0 Å². The summed E-state index contributed by atoms with van der Waals surface area (Å²) in [6.07, 6.45) is 2.08. The predicted octanol–water partition coefficient (Wildman–Crippen LogP) is 2.26. The van der Waals surface area contributed by atoms with E-state index in [1.807, 2.05) is 0 Å². The van der Waals surface area contributed by atoms with E-state index < -0.39 is 45.2 Å². The number of fused-ring (bicyclic) bond motifs is 1. The fourth-order valence-electron chi connectivity index (χ4n) is 2.57. The highest BCUT2D eigenvalue weighted by atomic mass is 79.9. The van der Waals surface area contributed by atoms with Crippen molar-refractivity contribution in [3.05, 3.63) is 38.9 Å². The van der Waals surface area contributed by atoms with Gasteiger partial charge in [-0.25, -0.2) is 9.59 Å². The van der Waals surface area contributed by atoms with Gasteiger partial charge in [-0.15, -0.1) is 0 Å². The molecule has 2 atom stereocenters. The molecule has 1 aliphatic rings. The van der Waals surface area contributed by atoms with E-state index in [0.29, 0.717) is 0 Å². The van der Waals surface area contributed by atoms with Crippen LogP contribution in [-0.4, -0.2) is 48.6 Å². The molecule has 0 bridgehead atoms. The molecule has 0 fully saturated rings. The summed E-state index contributed by atoms with van der Waals surface area (Å²) in [6.45, 7) is 0. The molecule has 0 spiro atoms. The Hall–Kier alpha value is -2.20. The molecule has 1 aliphatic carbocycles. The molecule has 0 heterocycles. The van der Waals surface area contributed by atoms with Crippen LogP contribution in [0, 0.1) is 0 Å². The van der Waals surface area contributed by atoms with Crippen LogP contribution >= 0.6 is 31.9 Å². The first kappa shape index (κ1) is 18.1. The molecule has 0 aliphatic heterocycles.